The van der Waals surface area contributed by atoms with E-state index in [1.165, 1.54) is 6.07 Å². The third kappa shape index (κ3) is 10.8. The summed E-state index contributed by atoms with van der Waals surface area (Å²) in [5.41, 5.74) is 2.10. The molecule has 9 rings (SSSR count). The number of rotatable bonds is 18. The maximum atomic E-state index is 13.6. The van der Waals surface area contributed by atoms with Gasteiger partial charge in [-0.1, -0.05) is 36.4 Å². The number of carboxylic acid groups (broad SMARTS) is 1. The van der Waals surface area contributed by atoms with Crippen molar-refractivity contribution in [3.05, 3.63) is 144 Å². The second kappa shape index (κ2) is 21.6. The number of hydrogen-bond donors (Lipinski definition) is 2. The molecule has 0 saturated heterocycles. The first kappa shape index (κ1) is 50.0. The number of Topliss-reactive ketones (excluding diaryl/α,β-unsaturated/α-hetero) is 3. The first-order valence-electron chi connectivity index (χ1n) is 22.4. The molecular formula is C55H53FN2O12. The van der Waals surface area contributed by atoms with Crippen LogP contribution < -0.4 is 28.4 Å². The van der Waals surface area contributed by atoms with Gasteiger partial charge in [0, 0.05) is 61.7 Å². The van der Waals surface area contributed by atoms with Crippen LogP contribution in [0, 0.1) is 23.6 Å². The van der Waals surface area contributed by atoms with Crippen molar-refractivity contribution >= 4 is 45.1 Å². The summed E-state index contributed by atoms with van der Waals surface area (Å²) in [5, 5.41) is 17.8. The number of aliphatic hydroxyl groups is 1. The fourth-order valence-corrected chi connectivity index (χ4v) is 8.13. The largest absolute Gasteiger partial charge is 0.493 e. The number of carbonyl (C=O) groups is 4. The predicted molar refractivity (Wildman–Crippen MR) is 259 cm³/mol. The van der Waals surface area contributed by atoms with Crippen LogP contribution in [0.25, 0.3) is 21.8 Å². The Balaban J connectivity index is 0.000000204. The van der Waals surface area contributed by atoms with Crippen molar-refractivity contribution in [2.75, 3.05) is 35.5 Å². The number of aliphatic carboxylic acids is 1. The van der Waals surface area contributed by atoms with E-state index in [-0.39, 0.29) is 42.4 Å². The molecule has 70 heavy (non-hydrogen) atoms. The summed E-state index contributed by atoms with van der Waals surface area (Å²) in [7, 11) is 7.28. The molecule has 5 aromatic carbocycles. The number of pyridine rings is 2. The zero-order valence-corrected chi connectivity index (χ0v) is 39.7. The number of carboxylic acids is 1. The predicted octanol–water partition coefficient (Wildman–Crippen LogP) is 9.82. The maximum absolute atomic E-state index is 13.6. The van der Waals surface area contributed by atoms with Gasteiger partial charge in [0.15, 0.2) is 40.3 Å². The highest BCUT2D eigenvalue weighted by molar-refractivity contribution is 6.11. The molecule has 0 bridgehead atoms. The zero-order valence-electron chi connectivity index (χ0n) is 39.7. The number of halogens is 1. The quantitative estimate of drug-likeness (QED) is 0.0773. The van der Waals surface area contributed by atoms with E-state index >= 15 is 0 Å². The molecule has 2 N–H and O–H groups in total. The third-order valence-corrected chi connectivity index (χ3v) is 12.5. The third-order valence-electron chi connectivity index (χ3n) is 12.5. The monoisotopic (exact) mass is 952 g/mol. The number of hydrogen-bond acceptors (Lipinski definition) is 13. The van der Waals surface area contributed by atoms with Crippen LogP contribution in [0.4, 0.5) is 4.39 Å². The van der Waals surface area contributed by atoms with Crippen LogP contribution in [0.1, 0.15) is 47.9 Å². The van der Waals surface area contributed by atoms with Crippen LogP contribution >= 0.6 is 0 Å². The molecule has 7 aromatic rings. The number of methoxy groups -OCH3 is 4. The van der Waals surface area contributed by atoms with Crippen molar-refractivity contribution in [2.24, 2.45) is 10.8 Å². The lowest BCUT2D eigenvalue weighted by atomic mass is 9.87. The highest BCUT2D eigenvalue weighted by atomic mass is 19.1. The molecule has 2 aromatic heterocycles. The molecule has 0 atom stereocenters. The fraction of sp³-hybridized carbons (Fsp3) is 0.273. The van der Waals surface area contributed by atoms with Crippen LogP contribution in [0.5, 0.6) is 46.0 Å². The summed E-state index contributed by atoms with van der Waals surface area (Å²) in [4.78, 5) is 58.5. The molecule has 2 aliphatic carbocycles. The van der Waals surface area contributed by atoms with E-state index in [9.17, 15) is 28.7 Å². The van der Waals surface area contributed by atoms with Crippen molar-refractivity contribution in [1.29, 1.82) is 0 Å². The average molecular weight is 953 g/mol. The van der Waals surface area contributed by atoms with Crippen molar-refractivity contribution in [2.45, 2.75) is 51.9 Å². The maximum Gasteiger partial charge on any atom is 0.317 e. The Labute approximate surface area is 403 Å². The SMILES string of the molecule is CO.COc1cc2nccc(Oc3ccc(CC(=O)C4(C(=O)Cc5ccc(F)c(C)c5)CC4)cc3)c2cc1OC.COc1cc2nccc(Oc3ccc(CC(=O)C4(C(=O)O)CC4)cc3)c2cc1OC. The second-order valence-electron chi connectivity index (χ2n) is 16.9. The van der Waals surface area contributed by atoms with Crippen molar-refractivity contribution in [3.63, 3.8) is 0 Å². The molecule has 2 saturated carbocycles. The molecule has 0 amide bonds. The minimum atomic E-state index is -1.18. The second-order valence-corrected chi connectivity index (χ2v) is 16.9. The summed E-state index contributed by atoms with van der Waals surface area (Å²) in [5.74, 6) is 2.98. The summed E-state index contributed by atoms with van der Waals surface area (Å²) in [6.45, 7) is 1.67. The molecular weight excluding hydrogens is 900 g/mol. The van der Waals surface area contributed by atoms with Crippen LogP contribution in [-0.2, 0) is 38.4 Å². The Morgan fingerprint density at radius 3 is 1.26 bits per heavy atom. The summed E-state index contributed by atoms with van der Waals surface area (Å²) in [6.07, 6.45) is 5.69. The number of ether oxygens (including phenoxy) is 6. The topological polar surface area (TPSA) is 190 Å². The van der Waals surface area contributed by atoms with E-state index in [2.05, 4.69) is 9.97 Å². The number of aliphatic hydroxyl groups excluding tert-OH is 1. The Hall–Kier alpha value is -7.91. The number of fused-ring (bicyclic) bond motifs is 2. The Bertz CT molecular complexity index is 3060. The van der Waals surface area contributed by atoms with Crippen molar-refractivity contribution in [3.8, 4) is 46.0 Å². The van der Waals surface area contributed by atoms with Gasteiger partial charge in [-0.05, 0) is 109 Å². The summed E-state index contributed by atoms with van der Waals surface area (Å²) < 4.78 is 47.2. The van der Waals surface area contributed by atoms with Gasteiger partial charge in [0.2, 0.25) is 0 Å². The summed E-state index contributed by atoms with van der Waals surface area (Å²) in [6, 6.07) is 29.7. The van der Waals surface area contributed by atoms with Gasteiger partial charge >= 0.3 is 5.97 Å². The highest BCUT2D eigenvalue weighted by Gasteiger charge is 2.56. The van der Waals surface area contributed by atoms with E-state index in [1.54, 1.807) is 121 Å². The molecule has 15 heteroatoms. The lowest BCUT2D eigenvalue weighted by Gasteiger charge is -2.14. The molecule has 14 nitrogen and oxygen atoms in total. The molecule has 2 aliphatic rings. The number of ketones is 3. The lowest BCUT2D eigenvalue weighted by molar-refractivity contribution is -0.148. The van der Waals surface area contributed by atoms with Gasteiger partial charge < -0.3 is 38.6 Å². The van der Waals surface area contributed by atoms with E-state index in [1.807, 2.05) is 24.3 Å². The van der Waals surface area contributed by atoms with Crippen LogP contribution in [0.3, 0.4) is 0 Å². The van der Waals surface area contributed by atoms with Gasteiger partial charge in [0.25, 0.3) is 0 Å². The van der Waals surface area contributed by atoms with Gasteiger partial charge in [0.05, 0.1) is 44.9 Å². The van der Waals surface area contributed by atoms with Gasteiger partial charge in [-0.15, -0.1) is 0 Å². The minimum absolute atomic E-state index is 0.0730. The summed E-state index contributed by atoms with van der Waals surface area (Å²) >= 11 is 0. The number of benzene rings is 5. The van der Waals surface area contributed by atoms with Gasteiger partial charge in [-0.25, -0.2) is 4.39 Å². The molecule has 0 unspecified atom stereocenters. The van der Waals surface area contributed by atoms with Gasteiger partial charge in [0.1, 0.15) is 34.2 Å². The molecule has 0 spiro atoms. The normalized spacial score (nSPS) is 13.6. The highest BCUT2D eigenvalue weighted by Crippen LogP contribution is 2.49. The van der Waals surface area contributed by atoms with E-state index in [0.29, 0.717) is 88.3 Å². The molecule has 2 heterocycles. The number of aromatic nitrogens is 2. The van der Waals surface area contributed by atoms with Crippen molar-refractivity contribution in [1.82, 2.24) is 9.97 Å². The van der Waals surface area contributed by atoms with Crippen LogP contribution in [-0.4, -0.2) is 79.0 Å². The first-order chi connectivity index (χ1) is 33.8. The van der Waals surface area contributed by atoms with Gasteiger partial charge in [-0.2, -0.15) is 0 Å². The fourth-order valence-electron chi connectivity index (χ4n) is 8.13. The number of carbonyl (C=O) groups excluding carboxylic acids is 3. The van der Waals surface area contributed by atoms with E-state index < -0.39 is 16.8 Å². The minimum Gasteiger partial charge on any atom is -0.493 e. The van der Waals surface area contributed by atoms with Gasteiger partial charge in [-0.3, -0.25) is 29.1 Å². The zero-order chi connectivity index (χ0) is 50.2. The molecule has 2 fully saturated rings. The van der Waals surface area contributed by atoms with E-state index in [0.717, 1.165) is 34.6 Å². The number of aryl methyl sites for hydroxylation is 1. The smallest absolute Gasteiger partial charge is 0.317 e. The molecule has 362 valence electrons. The first-order valence-corrected chi connectivity index (χ1v) is 22.4. The van der Waals surface area contributed by atoms with E-state index in [4.69, 9.17) is 33.5 Å². The average Bonchev–Trinajstić information content (AvgIpc) is 4.32. The molecule has 0 aliphatic heterocycles. The number of nitrogens with zero attached hydrogens (tertiary/aromatic N) is 2. The Kier molecular flexibility index (Phi) is 15.4. The van der Waals surface area contributed by atoms with Crippen LogP contribution in [0.2, 0.25) is 0 Å². The van der Waals surface area contributed by atoms with Crippen LogP contribution in [0.15, 0.2) is 116 Å². The van der Waals surface area contributed by atoms with Crippen molar-refractivity contribution < 1.29 is 62.2 Å². The Morgan fingerprint density at radius 2 is 0.886 bits per heavy atom. The standard InChI is InChI=1S/C31H28FNO5.C23H21NO6.CH4O/c1-19-14-21(6-9-24(19)32)16-30(35)31(11-12-31)29(34)15-20-4-7-22(8-5-20)38-26-10-13-33-25-18-28(37-3)27(36-2)17-23(25)26;1-28-19-12-16-17(13-20(19)29-2)24-10-7-18(16)30-15-5-3-14(4-6-15)11-21(25)23(8-9-23)22(26)27;1-2/h4-10,13-14,17-18H,11-12,15-16H2,1-3H3;3-7,10,12-13H,8-9,11H2,1-2H3,(H,26,27);2H,1H3. The molecule has 0 radical (unpaired) electrons. The Morgan fingerprint density at radius 1 is 0.514 bits per heavy atom. The lowest BCUT2D eigenvalue weighted by Crippen LogP contribution is -2.28.